The van der Waals surface area contributed by atoms with Crippen LogP contribution in [-0.2, 0) is 15.5 Å². The van der Waals surface area contributed by atoms with Gasteiger partial charge in [-0.15, -0.1) is 0 Å². The third kappa shape index (κ3) is 4.26. The first-order valence-electron chi connectivity index (χ1n) is 7.15. The number of nitrogens with zero attached hydrogens (tertiary/aromatic N) is 1. The van der Waals surface area contributed by atoms with Crippen LogP contribution in [0.3, 0.4) is 0 Å². The van der Waals surface area contributed by atoms with Crippen molar-refractivity contribution in [1.82, 2.24) is 0 Å². The quantitative estimate of drug-likeness (QED) is 0.229. The molecule has 0 radical (unpaired) electrons. The van der Waals surface area contributed by atoms with Gasteiger partial charge in [0.1, 0.15) is 5.92 Å². The van der Waals surface area contributed by atoms with Crippen LogP contribution < -0.4 is 5.11 Å². The Bertz CT molecular complexity index is 802. The summed E-state index contributed by atoms with van der Waals surface area (Å²) in [6, 6.07) is 0.159. The number of carbonyl (C=O) groups excluding carboxylic acids is 3. The molecule has 148 valence electrons. The van der Waals surface area contributed by atoms with Crippen LogP contribution in [0.5, 0.6) is 0 Å². The van der Waals surface area contributed by atoms with Gasteiger partial charge in [-0.25, -0.2) is 0 Å². The molecule has 27 heavy (non-hydrogen) atoms. The number of carbonyl (C=O) groups is 3. The summed E-state index contributed by atoms with van der Waals surface area (Å²) in [5.41, 5.74) is -4.42. The second-order valence-electron chi connectivity index (χ2n) is 5.73. The van der Waals surface area contributed by atoms with Gasteiger partial charge in [0.05, 0.1) is 16.5 Å². The summed E-state index contributed by atoms with van der Waals surface area (Å²) in [6.07, 6.45) is -6.06. The molecule has 0 N–H and O–H groups in total. The fraction of sp³-hybridized carbons (Fsp3) is 0.400. The van der Waals surface area contributed by atoms with E-state index >= 15 is 0 Å². The average Bonchev–Trinajstić information content (AvgIpc) is 2.52. The molecule has 0 aromatic heterocycles. The van der Waals surface area contributed by atoms with E-state index in [0.717, 1.165) is 0 Å². The van der Waals surface area contributed by atoms with E-state index in [1.54, 1.807) is 0 Å². The van der Waals surface area contributed by atoms with Gasteiger partial charge < -0.3 is 9.90 Å². The first-order chi connectivity index (χ1) is 12.1. The van der Waals surface area contributed by atoms with E-state index in [1.165, 1.54) is 13.8 Å². The molecule has 0 amide bonds. The number of aliphatic carboxylic acids is 1. The summed E-state index contributed by atoms with van der Waals surface area (Å²) in [5, 5.41) is 22.1. The van der Waals surface area contributed by atoms with Crippen molar-refractivity contribution in [1.29, 1.82) is 0 Å². The molecule has 0 aliphatic heterocycles. The van der Waals surface area contributed by atoms with Gasteiger partial charge in [0, 0.05) is 17.5 Å². The summed E-state index contributed by atoms with van der Waals surface area (Å²) >= 11 is 0. The molecular formula is C15H11F5NO6-. The van der Waals surface area contributed by atoms with E-state index in [2.05, 4.69) is 0 Å². The predicted octanol–water partition coefficient (Wildman–Crippen LogP) is 2.02. The molecule has 0 saturated carbocycles. The SMILES string of the molecule is CC(C)C(=O)C(C(=O)[O-])C(=O)c1ccc(C(F)(F)C(F)(F)F)cc1[N+](=O)[O-]. The fourth-order valence-corrected chi connectivity index (χ4v) is 2.09. The molecule has 0 heterocycles. The number of carboxylic acids is 1. The van der Waals surface area contributed by atoms with Crippen molar-refractivity contribution in [3.63, 3.8) is 0 Å². The molecule has 0 aliphatic carbocycles. The maximum Gasteiger partial charge on any atom is 0.458 e. The monoisotopic (exact) mass is 396 g/mol. The van der Waals surface area contributed by atoms with E-state index in [4.69, 9.17) is 0 Å². The van der Waals surface area contributed by atoms with Gasteiger partial charge in [-0.1, -0.05) is 19.9 Å². The first kappa shape index (κ1) is 22.1. The lowest BCUT2D eigenvalue weighted by Crippen LogP contribution is -2.43. The average molecular weight is 396 g/mol. The standard InChI is InChI=1S/C15H12F5NO6/c1-6(2)11(22)10(13(24)25)12(23)8-4-3-7(5-9(8)21(26)27)14(16,17)15(18,19)20/h3-6,10H,1-2H3,(H,24,25)/p-1. The van der Waals surface area contributed by atoms with Crippen molar-refractivity contribution < 1.29 is 46.4 Å². The second kappa shape index (κ2) is 7.37. The number of benzene rings is 1. The summed E-state index contributed by atoms with van der Waals surface area (Å²) in [6.45, 7) is 2.46. The Morgan fingerprint density at radius 3 is 1.96 bits per heavy atom. The van der Waals surface area contributed by atoms with Crippen LogP contribution >= 0.6 is 0 Å². The second-order valence-corrected chi connectivity index (χ2v) is 5.73. The number of alkyl halides is 5. The van der Waals surface area contributed by atoms with Crippen LogP contribution in [0, 0.1) is 22.0 Å². The molecular weight excluding hydrogens is 385 g/mol. The Morgan fingerprint density at radius 1 is 1.07 bits per heavy atom. The number of nitro groups is 1. The smallest absolute Gasteiger partial charge is 0.458 e. The van der Waals surface area contributed by atoms with E-state index in [-0.39, 0.29) is 18.2 Å². The zero-order chi connectivity index (χ0) is 21.3. The van der Waals surface area contributed by atoms with E-state index in [0.29, 0.717) is 0 Å². The van der Waals surface area contributed by atoms with E-state index < -0.39 is 63.2 Å². The molecule has 1 aromatic carbocycles. The van der Waals surface area contributed by atoms with Gasteiger partial charge in [0.2, 0.25) is 0 Å². The van der Waals surface area contributed by atoms with Crippen molar-refractivity contribution in [2.75, 3.05) is 0 Å². The number of rotatable bonds is 7. The third-order valence-corrected chi connectivity index (χ3v) is 3.53. The predicted molar refractivity (Wildman–Crippen MR) is 75.7 cm³/mol. The van der Waals surface area contributed by atoms with Crippen LogP contribution in [0.1, 0.15) is 29.8 Å². The minimum atomic E-state index is -6.06. The van der Waals surface area contributed by atoms with Crippen LogP contribution in [-0.4, -0.2) is 28.6 Å². The van der Waals surface area contributed by atoms with Crippen molar-refractivity contribution in [2.45, 2.75) is 25.9 Å². The molecule has 0 fully saturated rings. The summed E-state index contributed by atoms with van der Waals surface area (Å²) in [5.74, 6) is -13.9. The Morgan fingerprint density at radius 2 is 1.59 bits per heavy atom. The minimum absolute atomic E-state index is 0.0971. The molecule has 1 aromatic rings. The molecule has 1 rings (SSSR count). The van der Waals surface area contributed by atoms with Gasteiger partial charge in [-0.05, 0) is 6.07 Å². The highest BCUT2D eigenvalue weighted by atomic mass is 19.4. The third-order valence-electron chi connectivity index (χ3n) is 3.53. The van der Waals surface area contributed by atoms with Crippen molar-refractivity contribution in [3.05, 3.63) is 39.4 Å². The molecule has 0 saturated heterocycles. The molecule has 0 spiro atoms. The molecule has 0 bridgehead atoms. The minimum Gasteiger partial charge on any atom is -0.549 e. The molecule has 12 heteroatoms. The highest BCUT2D eigenvalue weighted by Crippen LogP contribution is 2.45. The number of nitro benzene ring substituents is 1. The zero-order valence-corrected chi connectivity index (χ0v) is 13.7. The van der Waals surface area contributed by atoms with Gasteiger partial charge in [-0.2, -0.15) is 22.0 Å². The maximum absolute atomic E-state index is 13.4. The topological polar surface area (TPSA) is 117 Å². The zero-order valence-electron chi connectivity index (χ0n) is 13.7. The Hall–Kier alpha value is -2.92. The van der Waals surface area contributed by atoms with E-state index in [9.17, 15) is 51.6 Å². The molecule has 7 nitrogen and oxygen atoms in total. The first-order valence-corrected chi connectivity index (χ1v) is 7.15. The Balaban J connectivity index is 3.57. The number of hydrogen-bond donors (Lipinski definition) is 0. The Labute approximate surface area is 147 Å². The fourth-order valence-electron chi connectivity index (χ4n) is 2.09. The van der Waals surface area contributed by atoms with Crippen molar-refractivity contribution >= 4 is 23.2 Å². The number of ketones is 2. The van der Waals surface area contributed by atoms with Crippen molar-refractivity contribution in [3.8, 4) is 0 Å². The molecule has 1 unspecified atom stereocenters. The molecule has 1 atom stereocenters. The lowest BCUT2D eigenvalue weighted by molar-refractivity contribution is -0.385. The largest absolute Gasteiger partial charge is 0.549 e. The van der Waals surface area contributed by atoms with Crippen LogP contribution in [0.4, 0.5) is 27.6 Å². The van der Waals surface area contributed by atoms with Crippen molar-refractivity contribution in [2.24, 2.45) is 11.8 Å². The van der Waals surface area contributed by atoms with Gasteiger partial charge in [-0.3, -0.25) is 19.7 Å². The number of carboxylic acid groups (broad SMARTS) is 1. The lowest BCUT2D eigenvalue weighted by Gasteiger charge is -2.21. The van der Waals surface area contributed by atoms with Gasteiger partial charge in [0.15, 0.2) is 11.6 Å². The van der Waals surface area contributed by atoms with Crippen LogP contribution in [0.2, 0.25) is 0 Å². The summed E-state index contributed by atoms with van der Waals surface area (Å²) in [4.78, 5) is 44.8. The summed E-state index contributed by atoms with van der Waals surface area (Å²) < 4.78 is 64.0. The highest BCUT2D eigenvalue weighted by molar-refractivity contribution is 6.23. The Kier molecular flexibility index (Phi) is 6.04. The van der Waals surface area contributed by atoms with E-state index in [1.807, 2.05) is 0 Å². The normalized spacial score (nSPS) is 13.3. The molecule has 0 aliphatic rings. The highest BCUT2D eigenvalue weighted by Gasteiger charge is 2.59. The number of halogens is 5. The van der Waals surface area contributed by atoms with Crippen LogP contribution in [0.15, 0.2) is 18.2 Å². The summed E-state index contributed by atoms with van der Waals surface area (Å²) in [7, 11) is 0. The van der Waals surface area contributed by atoms with Gasteiger partial charge in [0.25, 0.3) is 5.69 Å². The number of hydrogen-bond acceptors (Lipinski definition) is 6. The van der Waals surface area contributed by atoms with Gasteiger partial charge >= 0.3 is 12.1 Å². The van der Waals surface area contributed by atoms with Crippen LogP contribution in [0.25, 0.3) is 0 Å². The maximum atomic E-state index is 13.4. The lowest BCUT2D eigenvalue weighted by atomic mass is 9.87. The number of Topliss-reactive ketones (excluding diaryl/α,β-unsaturated/α-hetero) is 2.